The van der Waals surface area contributed by atoms with Crippen molar-refractivity contribution in [2.75, 3.05) is 31.2 Å². The summed E-state index contributed by atoms with van der Waals surface area (Å²) in [7, 11) is 0. The summed E-state index contributed by atoms with van der Waals surface area (Å²) < 4.78 is 10.3. The van der Waals surface area contributed by atoms with Gasteiger partial charge in [-0.2, -0.15) is 0 Å². The van der Waals surface area contributed by atoms with Gasteiger partial charge < -0.3 is 0 Å². The third kappa shape index (κ3) is 3.79. The Morgan fingerprint density at radius 1 is 1.33 bits per heavy atom. The number of aliphatic hydroxyl groups excluding tert-OH is 1. The minimum atomic E-state index is -1.63. The van der Waals surface area contributed by atoms with Crippen molar-refractivity contribution < 1.29 is 9.84 Å². The van der Waals surface area contributed by atoms with Crippen molar-refractivity contribution in [2.45, 2.75) is 25.4 Å². The summed E-state index contributed by atoms with van der Waals surface area (Å²) in [6.07, 6.45) is 3.70. The maximum atomic E-state index is 9.18. The van der Waals surface area contributed by atoms with Crippen LogP contribution in [-0.2, 0) is 13.0 Å². The predicted octanol–water partition coefficient (Wildman–Crippen LogP) is 4.00. The van der Waals surface area contributed by atoms with Gasteiger partial charge in [0.15, 0.2) is 0 Å². The summed E-state index contributed by atoms with van der Waals surface area (Å²) >= 11 is 11.0. The van der Waals surface area contributed by atoms with Crippen molar-refractivity contribution in [3.05, 3.63) is 55.0 Å². The molecule has 0 spiro atoms. The van der Waals surface area contributed by atoms with E-state index >= 15 is 0 Å². The number of benzene rings is 1. The second-order valence-electron chi connectivity index (χ2n) is 7.68. The standard InChI is InChI=1S/C21H23Cl2IN4O2/c1-24-17-11-27(15-9-13-8-14(22)2-3-19(13)30-12-15)5-4-18(17)25-21(24)20-16(23)10-28(26-20)6-7-29/h2-3,8,10,15,29H,4-7,9,11-12H2,1H3/t15-/m1/s1. The number of aliphatic hydroxyl groups is 1. The second kappa shape index (κ2) is 8.43. The van der Waals surface area contributed by atoms with Crippen LogP contribution < -0.4 is 4.74 Å². The van der Waals surface area contributed by atoms with E-state index in [1.54, 1.807) is 10.9 Å². The van der Waals surface area contributed by atoms with Gasteiger partial charge in [0, 0.05) is 0 Å². The van der Waals surface area contributed by atoms with Crippen LogP contribution in [0.1, 0.15) is 17.7 Å². The van der Waals surface area contributed by atoms with Crippen molar-refractivity contribution in [1.29, 1.82) is 0 Å². The van der Waals surface area contributed by atoms with Gasteiger partial charge in [-0.3, -0.25) is 0 Å². The summed E-state index contributed by atoms with van der Waals surface area (Å²) in [6, 6.07) is 6.23. The Labute approximate surface area is 192 Å². The number of ether oxygens (including phenoxy) is 1. The van der Waals surface area contributed by atoms with Crippen LogP contribution in [0.5, 0.6) is 5.75 Å². The molecule has 0 aliphatic carbocycles. The predicted molar refractivity (Wildman–Crippen MR) is 128 cm³/mol. The van der Waals surface area contributed by atoms with Gasteiger partial charge in [-0.15, -0.1) is 0 Å². The topological polar surface area (TPSA) is 62.9 Å². The Kier molecular flexibility index (Phi) is 5.83. The molecule has 2 aromatic rings. The van der Waals surface area contributed by atoms with Crippen LogP contribution in [0.15, 0.2) is 38.7 Å². The molecule has 3 aliphatic rings. The number of alkyl halides is 1. The van der Waals surface area contributed by atoms with E-state index in [-0.39, 0.29) is 6.61 Å². The van der Waals surface area contributed by atoms with E-state index in [4.69, 9.17) is 32.9 Å². The molecule has 30 heavy (non-hydrogen) atoms. The number of fused-ring (bicyclic) bond motifs is 1. The molecule has 6 nitrogen and oxygen atoms in total. The Morgan fingerprint density at radius 2 is 2.20 bits per heavy atom. The van der Waals surface area contributed by atoms with E-state index in [9.17, 15) is 5.11 Å². The third-order valence-corrected chi connectivity index (χ3v) is 11.5. The van der Waals surface area contributed by atoms with Crippen molar-refractivity contribution in [3.63, 3.8) is 0 Å². The first-order valence-electron chi connectivity index (χ1n) is 9.93. The molecule has 0 saturated heterocycles. The van der Waals surface area contributed by atoms with Gasteiger partial charge in [0.1, 0.15) is 0 Å². The van der Waals surface area contributed by atoms with E-state index in [1.165, 1.54) is 14.8 Å². The summed E-state index contributed by atoms with van der Waals surface area (Å²) in [5, 5.41) is 15.2. The monoisotopic (exact) mass is 560 g/mol. The molecule has 1 atom stereocenters. The molecule has 160 valence electrons. The van der Waals surface area contributed by atoms with E-state index in [2.05, 4.69) is 14.9 Å². The van der Waals surface area contributed by atoms with Crippen LogP contribution in [-0.4, -0.2) is 60.8 Å². The Morgan fingerprint density at radius 3 is 3.03 bits per heavy atom. The van der Waals surface area contributed by atoms with Gasteiger partial charge in [0.25, 0.3) is 0 Å². The molecule has 1 aromatic carbocycles. The number of rotatable bonds is 4. The van der Waals surface area contributed by atoms with E-state index in [1.807, 2.05) is 18.2 Å². The molecule has 0 bridgehead atoms. The molecule has 3 aliphatic heterocycles. The first-order valence-corrected chi connectivity index (χ1v) is 15.0. The quantitative estimate of drug-likeness (QED) is 0.453. The van der Waals surface area contributed by atoms with Crippen molar-refractivity contribution in [1.82, 2.24) is 14.7 Å². The van der Waals surface area contributed by atoms with Crippen LogP contribution in [0.2, 0.25) is 10.0 Å². The molecule has 0 unspecified atom stereocenters. The maximum absolute atomic E-state index is 9.18. The van der Waals surface area contributed by atoms with Gasteiger partial charge in [0.05, 0.1) is 0 Å². The Balaban J connectivity index is 1.32. The molecular formula is C21H23Cl2IN4O2. The number of hydrogen-bond donors (Lipinski definition) is 1. The fourth-order valence-corrected chi connectivity index (χ4v) is 9.53. The number of aromatic nitrogens is 2. The van der Waals surface area contributed by atoms with Crippen LogP contribution in [0.25, 0.3) is 0 Å². The molecule has 0 amide bonds. The molecule has 5 rings (SSSR count). The average molecular weight is 561 g/mol. The van der Waals surface area contributed by atoms with Crippen molar-refractivity contribution in [3.8, 4) is 5.75 Å². The van der Waals surface area contributed by atoms with E-state index in [0.717, 1.165) is 46.1 Å². The van der Waals surface area contributed by atoms with Gasteiger partial charge in [-0.05, 0) is 0 Å². The minimum absolute atomic E-state index is 0.0415. The van der Waals surface area contributed by atoms with Crippen LogP contribution in [0.4, 0.5) is 0 Å². The number of aliphatic imine (C=N–C) groups is 1. The first kappa shape index (κ1) is 20.8. The molecule has 9 heteroatoms. The summed E-state index contributed by atoms with van der Waals surface area (Å²) in [4.78, 5) is 9.87. The van der Waals surface area contributed by atoms with Gasteiger partial charge in [0.2, 0.25) is 0 Å². The fourth-order valence-electron chi connectivity index (χ4n) is 4.23. The van der Waals surface area contributed by atoms with E-state index in [0.29, 0.717) is 24.2 Å². The number of nitrogens with zero attached hydrogens (tertiary/aromatic N) is 4. The SMILES string of the molecule is CI1C(c2nn(CCO)cc2Cl)=NC2=C1CN([C@H]1COc3ccc(Cl)cc3C1)CC2. The molecule has 0 fully saturated rings. The average Bonchev–Trinajstić information content (AvgIpc) is 3.26. The molecule has 1 aromatic heterocycles. The van der Waals surface area contributed by atoms with Crippen LogP contribution in [0.3, 0.4) is 0 Å². The van der Waals surface area contributed by atoms with Gasteiger partial charge >= 0.3 is 194 Å². The Hall–Kier alpha value is -1.13. The van der Waals surface area contributed by atoms with Crippen molar-refractivity contribution in [2.24, 2.45) is 4.99 Å². The fraction of sp³-hybridized carbons (Fsp3) is 0.429. The van der Waals surface area contributed by atoms with E-state index < -0.39 is 19.8 Å². The Bertz CT molecular complexity index is 1050. The normalized spacial score (nSPS) is 22.6. The summed E-state index contributed by atoms with van der Waals surface area (Å²) in [6.45, 7) is 3.12. The molecule has 4 heterocycles. The van der Waals surface area contributed by atoms with Crippen molar-refractivity contribution >= 4 is 46.7 Å². The molecule has 0 saturated carbocycles. The summed E-state index contributed by atoms with van der Waals surface area (Å²) in [5.41, 5.74) is 3.22. The number of hydrogen-bond acceptors (Lipinski definition) is 5. The van der Waals surface area contributed by atoms with Crippen LogP contribution in [0, 0.1) is 0 Å². The third-order valence-electron chi connectivity index (χ3n) is 5.80. The summed E-state index contributed by atoms with van der Waals surface area (Å²) in [5.74, 6) is 0.955. The van der Waals surface area contributed by atoms with Gasteiger partial charge in [-0.1, -0.05) is 0 Å². The molecule has 0 radical (unpaired) electrons. The van der Waals surface area contributed by atoms with Gasteiger partial charge in [-0.25, -0.2) is 0 Å². The zero-order valence-electron chi connectivity index (χ0n) is 16.6. The zero-order chi connectivity index (χ0) is 20.8. The first-order chi connectivity index (χ1) is 14.5. The molecule has 1 N–H and O–H groups in total. The van der Waals surface area contributed by atoms with Crippen LogP contribution >= 0.6 is 43.0 Å². The number of halogens is 3. The zero-order valence-corrected chi connectivity index (χ0v) is 20.3. The molecular weight excluding hydrogens is 538 g/mol. The second-order valence-corrected chi connectivity index (χ2v) is 13.5.